The lowest BCUT2D eigenvalue weighted by atomic mass is 10.3. The molecule has 100 valence electrons. The number of para-hydroxylation sites is 1. The Labute approximate surface area is 121 Å². The zero-order chi connectivity index (χ0) is 13.2. The van der Waals surface area contributed by atoms with E-state index in [9.17, 15) is 4.79 Å². The molecule has 1 fully saturated rings. The number of thioether (sulfide) groups is 1. The number of carbonyl (C=O) groups excluding carboxylic acids is 1. The van der Waals surface area contributed by atoms with E-state index in [1.165, 1.54) is 17.5 Å². The van der Waals surface area contributed by atoms with Gasteiger partial charge in [0.05, 0.1) is 16.0 Å². The summed E-state index contributed by atoms with van der Waals surface area (Å²) in [5.74, 6) is 0.749. The maximum atomic E-state index is 12.1. The summed E-state index contributed by atoms with van der Waals surface area (Å²) in [6, 6.07) is 8.61. The van der Waals surface area contributed by atoms with Gasteiger partial charge in [0.15, 0.2) is 4.34 Å². The Morgan fingerprint density at radius 1 is 1.47 bits per heavy atom. The molecule has 3 nitrogen and oxygen atoms in total. The molecule has 2 aromatic rings. The molecule has 0 N–H and O–H groups in total. The SMILES string of the molecule is CCN(C(=O)CSc1nc2ccccc2s1)C1CC1. The van der Waals surface area contributed by atoms with Crippen LogP contribution in [0.15, 0.2) is 28.6 Å². The van der Waals surface area contributed by atoms with Gasteiger partial charge < -0.3 is 4.90 Å². The van der Waals surface area contributed by atoms with Crippen LogP contribution in [0.2, 0.25) is 0 Å². The van der Waals surface area contributed by atoms with E-state index >= 15 is 0 Å². The van der Waals surface area contributed by atoms with E-state index in [0.29, 0.717) is 11.8 Å². The minimum atomic E-state index is 0.245. The third-order valence-electron chi connectivity index (χ3n) is 3.24. The van der Waals surface area contributed by atoms with Gasteiger partial charge in [-0.05, 0) is 31.9 Å². The summed E-state index contributed by atoms with van der Waals surface area (Å²) >= 11 is 3.22. The molecule has 0 aliphatic heterocycles. The van der Waals surface area contributed by atoms with Crippen molar-refractivity contribution in [2.75, 3.05) is 12.3 Å². The van der Waals surface area contributed by atoms with Crippen LogP contribution in [0.5, 0.6) is 0 Å². The van der Waals surface area contributed by atoms with Gasteiger partial charge >= 0.3 is 0 Å². The highest BCUT2D eigenvalue weighted by molar-refractivity contribution is 8.01. The molecule has 0 unspecified atom stereocenters. The highest BCUT2D eigenvalue weighted by atomic mass is 32.2. The first-order valence-electron chi connectivity index (χ1n) is 6.55. The average molecular weight is 292 g/mol. The second-order valence-corrected chi connectivity index (χ2v) is 6.90. The molecule has 0 bridgehead atoms. The van der Waals surface area contributed by atoms with Gasteiger partial charge in [-0.1, -0.05) is 23.9 Å². The van der Waals surface area contributed by atoms with E-state index in [2.05, 4.69) is 18.0 Å². The highest BCUT2D eigenvalue weighted by Gasteiger charge is 2.31. The van der Waals surface area contributed by atoms with Gasteiger partial charge in [-0.2, -0.15) is 0 Å². The number of benzene rings is 1. The summed E-state index contributed by atoms with van der Waals surface area (Å²) in [6.07, 6.45) is 2.34. The number of rotatable bonds is 5. The molecular weight excluding hydrogens is 276 g/mol. The predicted octanol–water partition coefficient (Wildman–Crippen LogP) is 3.40. The molecule has 0 saturated heterocycles. The Kier molecular flexibility index (Phi) is 3.75. The number of hydrogen-bond donors (Lipinski definition) is 0. The number of carbonyl (C=O) groups is 1. The normalized spacial score (nSPS) is 14.8. The number of aromatic nitrogens is 1. The summed E-state index contributed by atoms with van der Waals surface area (Å²) in [5, 5.41) is 0. The van der Waals surface area contributed by atoms with E-state index in [0.717, 1.165) is 16.4 Å². The molecule has 1 heterocycles. The Bertz CT molecular complexity index is 559. The molecule has 3 rings (SSSR count). The summed E-state index contributed by atoms with van der Waals surface area (Å²) in [7, 11) is 0. The maximum absolute atomic E-state index is 12.1. The van der Waals surface area contributed by atoms with Crippen molar-refractivity contribution in [1.82, 2.24) is 9.88 Å². The standard InChI is InChI=1S/C14H16N2OS2/c1-2-16(10-7-8-10)13(17)9-18-14-15-11-5-3-4-6-12(11)19-14/h3-6,10H,2,7-9H2,1H3. The number of amides is 1. The number of fused-ring (bicyclic) bond motifs is 1. The predicted molar refractivity (Wildman–Crippen MR) is 80.8 cm³/mol. The van der Waals surface area contributed by atoms with Crippen molar-refractivity contribution >= 4 is 39.2 Å². The zero-order valence-corrected chi connectivity index (χ0v) is 12.5. The van der Waals surface area contributed by atoms with Gasteiger partial charge in [0.1, 0.15) is 0 Å². The molecule has 1 aromatic heterocycles. The van der Waals surface area contributed by atoms with Crippen LogP contribution in [0.25, 0.3) is 10.2 Å². The Balaban J connectivity index is 1.63. The summed E-state index contributed by atoms with van der Waals surface area (Å²) < 4.78 is 2.17. The molecule has 1 aliphatic carbocycles. The van der Waals surface area contributed by atoms with Crippen molar-refractivity contribution in [1.29, 1.82) is 0 Å². The summed E-state index contributed by atoms with van der Waals surface area (Å²) in [6.45, 7) is 2.88. The fourth-order valence-electron chi connectivity index (χ4n) is 2.14. The molecule has 19 heavy (non-hydrogen) atoms. The van der Waals surface area contributed by atoms with E-state index < -0.39 is 0 Å². The van der Waals surface area contributed by atoms with E-state index in [1.807, 2.05) is 23.1 Å². The topological polar surface area (TPSA) is 33.2 Å². The van der Waals surface area contributed by atoms with Crippen LogP contribution in [0, 0.1) is 0 Å². The van der Waals surface area contributed by atoms with Gasteiger partial charge in [-0.15, -0.1) is 11.3 Å². The van der Waals surface area contributed by atoms with Crippen LogP contribution in [0.1, 0.15) is 19.8 Å². The second-order valence-electron chi connectivity index (χ2n) is 4.65. The third kappa shape index (κ3) is 2.92. The number of hydrogen-bond acceptors (Lipinski definition) is 4. The van der Waals surface area contributed by atoms with Gasteiger partial charge in [0, 0.05) is 12.6 Å². The zero-order valence-electron chi connectivity index (χ0n) is 10.8. The molecule has 1 aromatic carbocycles. The van der Waals surface area contributed by atoms with Crippen molar-refractivity contribution in [3.8, 4) is 0 Å². The van der Waals surface area contributed by atoms with Crippen molar-refractivity contribution in [3.63, 3.8) is 0 Å². The summed E-state index contributed by atoms with van der Waals surface area (Å²) in [4.78, 5) is 18.7. The van der Waals surface area contributed by atoms with E-state index in [-0.39, 0.29) is 5.91 Å². The van der Waals surface area contributed by atoms with E-state index in [1.54, 1.807) is 23.1 Å². The number of thiazole rings is 1. The van der Waals surface area contributed by atoms with Crippen LogP contribution < -0.4 is 0 Å². The van der Waals surface area contributed by atoms with Gasteiger partial charge in [-0.25, -0.2) is 4.98 Å². The monoisotopic (exact) mass is 292 g/mol. The molecule has 0 spiro atoms. The van der Waals surface area contributed by atoms with Gasteiger partial charge in [0.2, 0.25) is 5.91 Å². The molecule has 0 radical (unpaired) electrons. The fourth-order valence-corrected chi connectivity index (χ4v) is 4.10. The van der Waals surface area contributed by atoms with Gasteiger partial charge in [0.25, 0.3) is 0 Å². The fraction of sp³-hybridized carbons (Fsp3) is 0.429. The minimum absolute atomic E-state index is 0.245. The molecule has 1 aliphatic rings. The quantitative estimate of drug-likeness (QED) is 0.792. The van der Waals surface area contributed by atoms with Crippen molar-refractivity contribution in [2.24, 2.45) is 0 Å². The molecule has 1 saturated carbocycles. The van der Waals surface area contributed by atoms with E-state index in [4.69, 9.17) is 0 Å². The lowest BCUT2D eigenvalue weighted by Gasteiger charge is -2.19. The van der Waals surface area contributed by atoms with Crippen molar-refractivity contribution < 1.29 is 4.79 Å². The molecular formula is C14H16N2OS2. The highest BCUT2D eigenvalue weighted by Crippen LogP contribution is 2.31. The maximum Gasteiger partial charge on any atom is 0.233 e. The second kappa shape index (κ2) is 5.51. The van der Waals surface area contributed by atoms with Crippen LogP contribution in [-0.2, 0) is 4.79 Å². The first-order chi connectivity index (χ1) is 9.28. The molecule has 1 amide bonds. The first-order valence-corrected chi connectivity index (χ1v) is 8.36. The van der Waals surface area contributed by atoms with Crippen LogP contribution >= 0.6 is 23.1 Å². The van der Waals surface area contributed by atoms with Crippen LogP contribution in [-0.4, -0.2) is 34.1 Å². The Morgan fingerprint density at radius 3 is 2.95 bits per heavy atom. The Morgan fingerprint density at radius 2 is 2.26 bits per heavy atom. The van der Waals surface area contributed by atoms with Crippen molar-refractivity contribution in [2.45, 2.75) is 30.1 Å². The minimum Gasteiger partial charge on any atom is -0.339 e. The Hall–Kier alpha value is -1.07. The molecule has 0 atom stereocenters. The van der Waals surface area contributed by atoms with Gasteiger partial charge in [-0.3, -0.25) is 4.79 Å². The summed E-state index contributed by atoms with van der Waals surface area (Å²) in [5.41, 5.74) is 1.02. The first kappa shape index (κ1) is 12.9. The lowest BCUT2D eigenvalue weighted by Crippen LogP contribution is -2.34. The molecule has 5 heteroatoms. The van der Waals surface area contributed by atoms with Crippen LogP contribution in [0.3, 0.4) is 0 Å². The third-order valence-corrected chi connectivity index (χ3v) is 5.41. The average Bonchev–Trinajstić information content (AvgIpc) is 3.16. The smallest absolute Gasteiger partial charge is 0.233 e. The largest absolute Gasteiger partial charge is 0.339 e. The number of nitrogens with zero attached hydrogens (tertiary/aromatic N) is 2. The van der Waals surface area contributed by atoms with Crippen LogP contribution in [0.4, 0.5) is 0 Å². The van der Waals surface area contributed by atoms with Crippen molar-refractivity contribution in [3.05, 3.63) is 24.3 Å². The lowest BCUT2D eigenvalue weighted by molar-refractivity contribution is -0.128.